The average molecular weight is 310 g/mol. The van der Waals surface area contributed by atoms with Gasteiger partial charge in [0.25, 0.3) is 0 Å². The highest BCUT2D eigenvalue weighted by molar-refractivity contribution is 6.31. The molecule has 106 valence electrons. The Bertz CT molecular complexity index is 641. The fourth-order valence-electron chi connectivity index (χ4n) is 2.25. The standard InChI is InChI=1S/C16H17Cl2NO/c1-9-7-14(18)10(2)6-13(9)16(19)12-5-4-11(17)8-15(12)20-3/h4-8,16H,19H2,1-3H3. The van der Waals surface area contributed by atoms with Gasteiger partial charge in [0.05, 0.1) is 13.2 Å². The zero-order valence-electron chi connectivity index (χ0n) is 11.7. The third-order valence-corrected chi connectivity index (χ3v) is 4.06. The van der Waals surface area contributed by atoms with Gasteiger partial charge in [-0.05, 0) is 48.7 Å². The summed E-state index contributed by atoms with van der Waals surface area (Å²) < 4.78 is 5.37. The third kappa shape index (κ3) is 2.93. The molecule has 1 atom stereocenters. The number of hydrogen-bond acceptors (Lipinski definition) is 2. The summed E-state index contributed by atoms with van der Waals surface area (Å²) in [5.74, 6) is 0.692. The molecule has 0 heterocycles. The van der Waals surface area contributed by atoms with Crippen LogP contribution in [0.15, 0.2) is 30.3 Å². The van der Waals surface area contributed by atoms with Crippen LogP contribution in [0, 0.1) is 13.8 Å². The van der Waals surface area contributed by atoms with Crippen molar-refractivity contribution >= 4 is 23.2 Å². The first-order valence-corrected chi connectivity index (χ1v) is 7.05. The number of benzene rings is 2. The van der Waals surface area contributed by atoms with Crippen LogP contribution in [0.5, 0.6) is 5.75 Å². The van der Waals surface area contributed by atoms with Crippen molar-refractivity contribution in [2.24, 2.45) is 5.73 Å². The van der Waals surface area contributed by atoms with Crippen molar-refractivity contribution in [2.45, 2.75) is 19.9 Å². The van der Waals surface area contributed by atoms with Gasteiger partial charge < -0.3 is 10.5 Å². The van der Waals surface area contributed by atoms with E-state index in [2.05, 4.69) is 0 Å². The average Bonchev–Trinajstić information content (AvgIpc) is 2.42. The van der Waals surface area contributed by atoms with E-state index >= 15 is 0 Å². The van der Waals surface area contributed by atoms with Crippen LogP contribution in [0.1, 0.15) is 28.3 Å². The number of rotatable bonds is 3. The fraction of sp³-hybridized carbons (Fsp3) is 0.250. The molecule has 0 aromatic heterocycles. The predicted octanol–water partition coefficient (Wildman–Crippen LogP) is 4.67. The van der Waals surface area contributed by atoms with Crippen molar-refractivity contribution in [2.75, 3.05) is 7.11 Å². The Kier molecular flexibility index (Phi) is 4.59. The number of methoxy groups -OCH3 is 1. The lowest BCUT2D eigenvalue weighted by Gasteiger charge is -2.19. The Labute approximate surface area is 129 Å². The molecule has 20 heavy (non-hydrogen) atoms. The van der Waals surface area contributed by atoms with Gasteiger partial charge in [0.15, 0.2) is 0 Å². The van der Waals surface area contributed by atoms with Crippen LogP contribution in [0.2, 0.25) is 10.0 Å². The van der Waals surface area contributed by atoms with Crippen molar-refractivity contribution in [3.05, 3.63) is 62.6 Å². The van der Waals surface area contributed by atoms with Gasteiger partial charge in [-0.3, -0.25) is 0 Å². The second-order valence-corrected chi connectivity index (χ2v) is 5.67. The maximum atomic E-state index is 6.40. The molecule has 2 aromatic carbocycles. The zero-order valence-corrected chi connectivity index (χ0v) is 13.2. The van der Waals surface area contributed by atoms with E-state index in [9.17, 15) is 0 Å². The molecule has 0 fully saturated rings. The smallest absolute Gasteiger partial charge is 0.125 e. The van der Waals surface area contributed by atoms with Crippen molar-refractivity contribution in [3.8, 4) is 5.75 Å². The number of aryl methyl sites for hydroxylation is 2. The van der Waals surface area contributed by atoms with Gasteiger partial charge in [-0.1, -0.05) is 35.3 Å². The second kappa shape index (κ2) is 6.04. The molecule has 0 saturated carbocycles. The van der Waals surface area contributed by atoms with Gasteiger partial charge in [0.1, 0.15) is 5.75 Å². The molecule has 2 N–H and O–H groups in total. The van der Waals surface area contributed by atoms with Crippen LogP contribution in [0.25, 0.3) is 0 Å². The van der Waals surface area contributed by atoms with Crippen molar-refractivity contribution < 1.29 is 4.74 Å². The molecule has 2 aromatic rings. The quantitative estimate of drug-likeness (QED) is 0.894. The van der Waals surface area contributed by atoms with Gasteiger partial charge in [-0.2, -0.15) is 0 Å². The van der Waals surface area contributed by atoms with Crippen LogP contribution in [0.4, 0.5) is 0 Å². The van der Waals surface area contributed by atoms with Crippen molar-refractivity contribution in [3.63, 3.8) is 0 Å². The third-order valence-electron chi connectivity index (χ3n) is 3.41. The van der Waals surface area contributed by atoms with Crippen molar-refractivity contribution in [1.29, 1.82) is 0 Å². The molecule has 4 heteroatoms. The largest absolute Gasteiger partial charge is 0.496 e. The molecule has 0 saturated heterocycles. The van der Waals surface area contributed by atoms with Crippen LogP contribution in [0.3, 0.4) is 0 Å². The van der Waals surface area contributed by atoms with Crippen LogP contribution < -0.4 is 10.5 Å². The second-order valence-electron chi connectivity index (χ2n) is 4.82. The maximum absolute atomic E-state index is 6.40. The summed E-state index contributed by atoms with van der Waals surface area (Å²) in [7, 11) is 1.61. The topological polar surface area (TPSA) is 35.2 Å². The molecule has 1 unspecified atom stereocenters. The van der Waals surface area contributed by atoms with Crippen molar-refractivity contribution in [1.82, 2.24) is 0 Å². The minimum absolute atomic E-state index is 0.279. The van der Waals surface area contributed by atoms with Gasteiger partial charge in [0, 0.05) is 15.6 Å². The SMILES string of the molecule is COc1cc(Cl)ccc1C(N)c1cc(C)c(Cl)cc1C. The van der Waals surface area contributed by atoms with E-state index < -0.39 is 0 Å². The molecular formula is C16H17Cl2NO. The van der Waals surface area contributed by atoms with E-state index in [1.807, 2.05) is 38.1 Å². The molecule has 0 radical (unpaired) electrons. The van der Waals surface area contributed by atoms with E-state index in [1.165, 1.54) is 0 Å². The van der Waals surface area contributed by atoms with Crippen LogP contribution >= 0.6 is 23.2 Å². The molecule has 0 aliphatic carbocycles. The molecule has 0 spiro atoms. The first-order chi connectivity index (χ1) is 9.43. The molecule has 0 aliphatic heterocycles. The number of ether oxygens (including phenoxy) is 1. The lowest BCUT2D eigenvalue weighted by atomic mass is 9.93. The summed E-state index contributed by atoms with van der Waals surface area (Å²) in [6.45, 7) is 3.97. The van der Waals surface area contributed by atoms with Gasteiger partial charge >= 0.3 is 0 Å². The Hall–Kier alpha value is -1.22. The first kappa shape index (κ1) is 15.2. The number of hydrogen-bond donors (Lipinski definition) is 1. The molecule has 2 nitrogen and oxygen atoms in total. The highest BCUT2D eigenvalue weighted by Gasteiger charge is 2.17. The summed E-state index contributed by atoms with van der Waals surface area (Å²) in [6.07, 6.45) is 0. The summed E-state index contributed by atoms with van der Waals surface area (Å²) in [5.41, 5.74) is 10.4. The lowest BCUT2D eigenvalue weighted by Crippen LogP contribution is -2.14. The highest BCUT2D eigenvalue weighted by Crippen LogP contribution is 2.33. The molecular weight excluding hydrogens is 293 g/mol. The van der Waals surface area contributed by atoms with E-state index in [1.54, 1.807) is 13.2 Å². The maximum Gasteiger partial charge on any atom is 0.125 e. The van der Waals surface area contributed by atoms with E-state index in [-0.39, 0.29) is 6.04 Å². The van der Waals surface area contributed by atoms with Crippen LogP contribution in [-0.4, -0.2) is 7.11 Å². The Morgan fingerprint density at radius 3 is 2.35 bits per heavy atom. The lowest BCUT2D eigenvalue weighted by molar-refractivity contribution is 0.408. The van der Waals surface area contributed by atoms with Gasteiger partial charge in [-0.25, -0.2) is 0 Å². The van der Waals surface area contributed by atoms with E-state index in [0.717, 1.165) is 27.3 Å². The van der Waals surface area contributed by atoms with Gasteiger partial charge in [-0.15, -0.1) is 0 Å². The monoisotopic (exact) mass is 309 g/mol. The van der Waals surface area contributed by atoms with E-state index in [0.29, 0.717) is 10.8 Å². The molecule has 0 amide bonds. The molecule has 2 rings (SSSR count). The summed E-state index contributed by atoms with van der Waals surface area (Å²) in [5, 5.41) is 1.38. The first-order valence-electron chi connectivity index (χ1n) is 6.29. The predicted molar refractivity (Wildman–Crippen MR) is 85.0 cm³/mol. The fourth-order valence-corrected chi connectivity index (χ4v) is 2.63. The van der Waals surface area contributed by atoms with E-state index in [4.69, 9.17) is 33.7 Å². The number of nitrogens with two attached hydrogens (primary N) is 1. The Morgan fingerprint density at radius 1 is 1.00 bits per heavy atom. The Morgan fingerprint density at radius 2 is 1.70 bits per heavy atom. The summed E-state index contributed by atoms with van der Waals surface area (Å²) >= 11 is 12.1. The molecule has 0 aliphatic rings. The van der Waals surface area contributed by atoms with Crippen LogP contribution in [-0.2, 0) is 0 Å². The minimum Gasteiger partial charge on any atom is -0.496 e. The zero-order chi connectivity index (χ0) is 14.9. The summed E-state index contributed by atoms with van der Waals surface area (Å²) in [6, 6.07) is 9.17. The Balaban J connectivity index is 2.51. The number of halogens is 2. The van der Waals surface area contributed by atoms with Gasteiger partial charge in [0.2, 0.25) is 0 Å². The highest BCUT2D eigenvalue weighted by atomic mass is 35.5. The summed E-state index contributed by atoms with van der Waals surface area (Å²) in [4.78, 5) is 0. The minimum atomic E-state index is -0.279. The normalized spacial score (nSPS) is 12.3. The molecule has 0 bridgehead atoms.